The number of aliphatic carboxylic acids is 1. The summed E-state index contributed by atoms with van der Waals surface area (Å²) in [7, 11) is 5.93. The van der Waals surface area contributed by atoms with Gasteiger partial charge in [0, 0.05) is 6.42 Å². The highest BCUT2D eigenvalue weighted by Gasteiger charge is 2.24. The average Bonchev–Trinajstić information content (AvgIpc) is 2.82. The molecule has 0 saturated carbocycles. The monoisotopic (exact) mass is 540 g/mol. The lowest BCUT2D eigenvalue weighted by Crippen LogP contribution is -2.43. The molecule has 0 bridgehead atoms. The largest absolute Gasteiger partial charge is 0.481 e. The van der Waals surface area contributed by atoms with Gasteiger partial charge in [0.15, 0.2) is 6.10 Å². The first-order chi connectivity index (χ1) is 18.1. The predicted molar refractivity (Wildman–Crippen MR) is 161 cm³/mol. The van der Waals surface area contributed by atoms with E-state index < -0.39 is 12.1 Å². The van der Waals surface area contributed by atoms with E-state index in [1.54, 1.807) is 0 Å². The Balaban J connectivity index is 3.49. The normalized spacial score (nSPS) is 13.4. The Kier molecular flexibility index (Phi) is 24.2. The van der Waals surface area contributed by atoms with E-state index in [-0.39, 0.29) is 12.4 Å². The zero-order chi connectivity index (χ0) is 28.5. The zero-order valence-electron chi connectivity index (χ0n) is 26.2. The van der Waals surface area contributed by atoms with Gasteiger partial charge in [-0.3, -0.25) is 9.59 Å². The van der Waals surface area contributed by atoms with Gasteiger partial charge in [0.25, 0.3) is 0 Å². The van der Waals surface area contributed by atoms with Crippen LogP contribution in [-0.4, -0.2) is 55.3 Å². The number of unbranched alkanes of at least 4 members (excludes halogenated alkanes) is 17. The van der Waals surface area contributed by atoms with Crippen LogP contribution >= 0.6 is 0 Å². The zero-order valence-corrected chi connectivity index (χ0v) is 26.2. The number of rotatable bonds is 28. The summed E-state index contributed by atoms with van der Waals surface area (Å²) >= 11 is 0. The minimum Gasteiger partial charge on any atom is -0.481 e. The highest BCUT2D eigenvalue weighted by molar-refractivity contribution is 5.71. The summed E-state index contributed by atoms with van der Waals surface area (Å²) in [5, 5.41) is 9.07. The highest BCUT2D eigenvalue weighted by atomic mass is 16.5. The lowest BCUT2D eigenvalue weighted by molar-refractivity contribution is -0.873. The number of carbonyl (C=O) groups excluding carboxylic acids is 1. The lowest BCUT2D eigenvalue weighted by Gasteiger charge is -2.28. The van der Waals surface area contributed by atoms with Crippen molar-refractivity contribution in [2.24, 2.45) is 5.92 Å². The molecule has 1 N–H and O–H groups in total. The maximum absolute atomic E-state index is 12.1. The van der Waals surface area contributed by atoms with Crippen molar-refractivity contribution in [2.45, 2.75) is 168 Å². The van der Waals surface area contributed by atoms with Gasteiger partial charge in [-0.1, -0.05) is 142 Å². The molecule has 0 aromatic rings. The predicted octanol–water partition coefficient (Wildman–Crippen LogP) is 9.32. The molecule has 38 heavy (non-hydrogen) atoms. The Morgan fingerprint density at radius 3 is 1.45 bits per heavy atom. The van der Waals surface area contributed by atoms with Crippen LogP contribution < -0.4 is 0 Å². The van der Waals surface area contributed by atoms with Crippen molar-refractivity contribution in [1.29, 1.82) is 0 Å². The third kappa shape index (κ3) is 27.9. The molecule has 0 heterocycles. The molecule has 0 saturated heterocycles. The Hall–Kier alpha value is -1.10. The van der Waals surface area contributed by atoms with E-state index in [1.165, 1.54) is 122 Å². The van der Waals surface area contributed by atoms with Crippen LogP contribution in [0.2, 0.25) is 0 Å². The molecule has 5 heteroatoms. The Morgan fingerprint density at radius 2 is 1.05 bits per heavy atom. The number of nitrogens with zero attached hydrogens (tertiary/aromatic N) is 1. The second-order valence-corrected chi connectivity index (χ2v) is 13.0. The van der Waals surface area contributed by atoms with Gasteiger partial charge in [0.05, 0.1) is 27.6 Å². The molecule has 2 atom stereocenters. The van der Waals surface area contributed by atoms with Crippen LogP contribution in [0, 0.1) is 5.92 Å². The lowest BCUT2D eigenvalue weighted by atomic mass is 9.95. The molecule has 2 unspecified atom stereocenters. The van der Waals surface area contributed by atoms with Crippen LogP contribution in [-0.2, 0) is 14.3 Å². The van der Waals surface area contributed by atoms with Gasteiger partial charge in [-0.25, -0.2) is 0 Å². The molecule has 5 nitrogen and oxygen atoms in total. The average molecular weight is 541 g/mol. The van der Waals surface area contributed by atoms with E-state index in [9.17, 15) is 9.59 Å². The maximum Gasteiger partial charge on any atom is 0.307 e. The highest BCUT2D eigenvalue weighted by Crippen LogP contribution is 2.19. The number of esters is 1. The quantitative estimate of drug-likeness (QED) is 0.0610. The van der Waals surface area contributed by atoms with Crippen molar-refractivity contribution in [3.63, 3.8) is 0 Å². The number of quaternary nitrogens is 1. The number of carboxylic acid groups (broad SMARTS) is 1. The number of carbonyl (C=O) groups is 2. The molecule has 0 rings (SSSR count). The summed E-state index contributed by atoms with van der Waals surface area (Å²) in [6.07, 6.45) is 27.8. The second-order valence-electron chi connectivity index (χ2n) is 13.0. The fourth-order valence-electron chi connectivity index (χ4n) is 5.32. The Morgan fingerprint density at radius 1 is 0.658 bits per heavy atom. The van der Waals surface area contributed by atoms with Gasteiger partial charge in [-0.2, -0.15) is 0 Å². The summed E-state index contributed by atoms with van der Waals surface area (Å²) in [5.41, 5.74) is 0. The second kappa shape index (κ2) is 24.9. The van der Waals surface area contributed by atoms with Crippen LogP contribution in [0.5, 0.6) is 0 Å². The van der Waals surface area contributed by atoms with Crippen molar-refractivity contribution < 1.29 is 23.9 Å². The van der Waals surface area contributed by atoms with Crippen molar-refractivity contribution in [3.8, 4) is 0 Å². The van der Waals surface area contributed by atoms with Crippen LogP contribution in [0.1, 0.15) is 162 Å². The maximum atomic E-state index is 12.1. The third-order valence-corrected chi connectivity index (χ3v) is 7.58. The van der Waals surface area contributed by atoms with Gasteiger partial charge in [0.1, 0.15) is 6.54 Å². The van der Waals surface area contributed by atoms with Gasteiger partial charge in [0.2, 0.25) is 0 Å². The molecular weight excluding hydrogens is 474 g/mol. The van der Waals surface area contributed by atoms with E-state index in [1.807, 2.05) is 21.1 Å². The molecule has 0 amide bonds. The summed E-state index contributed by atoms with van der Waals surface area (Å²) in [6.45, 7) is 5.25. The van der Waals surface area contributed by atoms with E-state index in [0.717, 1.165) is 18.8 Å². The Bertz CT molecular complexity index is 558. The third-order valence-electron chi connectivity index (χ3n) is 7.58. The van der Waals surface area contributed by atoms with Crippen molar-refractivity contribution in [2.75, 3.05) is 27.7 Å². The molecular formula is C33H66NO4+. The minimum absolute atomic E-state index is 0.125. The number of ether oxygens (including phenoxy) is 1. The molecule has 0 aliphatic rings. The number of hydrogen-bond acceptors (Lipinski definition) is 3. The topological polar surface area (TPSA) is 63.6 Å². The molecule has 226 valence electrons. The Labute approximate surface area is 237 Å². The summed E-state index contributed by atoms with van der Waals surface area (Å²) in [6, 6.07) is 0. The van der Waals surface area contributed by atoms with Gasteiger partial charge in [-0.05, 0) is 12.3 Å². The summed E-state index contributed by atoms with van der Waals surface area (Å²) in [4.78, 5) is 23.2. The van der Waals surface area contributed by atoms with Crippen LogP contribution in [0.25, 0.3) is 0 Å². The molecule has 0 aromatic carbocycles. The standard InChI is InChI=1S/C33H65NO4/c1-6-7-8-9-10-16-19-22-25-30(2)26-23-20-17-14-12-11-13-15-18-21-24-27-33(37)38-31(28-32(35)36)29-34(3,4)5/h30-31H,6-29H2,1-5H3/p+1. The first-order valence-electron chi connectivity index (χ1n) is 16.4. The number of likely N-dealkylation sites (N-methyl/N-ethyl adjacent to an activating group) is 1. The van der Waals surface area contributed by atoms with Crippen LogP contribution in [0.15, 0.2) is 0 Å². The first-order valence-corrected chi connectivity index (χ1v) is 16.4. The van der Waals surface area contributed by atoms with E-state index in [0.29, 0.717) is 17.4 Å². The van der Waals surface area contributed by atoms with Crippen molar-refractivity contribution in [3.05, 3.63) is 0 Å². The molecule has 0 aliphatic heterocycles. The SMILES string of the molecule is CCCCCCCCCCC(C)CCCCCCCCCCCCCC(=O)OC(CC(=O)O)C[N+](C)(C)C. The fraction of sp³-hybridized carbons (Fsp3) is 0.939. The van der Waals surface area contributed by atoms with Gasteiger partial charge < -0.3 is 14.3 Å². The van der Waals surface area contributed by atoms with Crippen LogP contribution in [0.3, 0.4) is 0 Å². The van der Waals surface area contributed by atoms with Gasteiger partial charge >= 0.3 is 11.9 Å². The van der Waals surface area contributed by atoms with Crippen LogP contribution in [0.4, 0.5) is 0 Å². The number of carboxylic acids is 1. The van der Waals surface area contributed by atoms with E-state index >= 15 is 0 Å². The van der Waals surface area contributed by atoms with E-state index in [2.05, 4.69) is 13.8 Å². The molecule has 0 spiro atoms. The molecule has 0 radical (unpaired) electrons. The summed E-state index contributed by atoms with van der Waals surface area (Å²) in [5.74, 6) is -0.270. The molecule has 0 fully saturated rings. The van der Waals surface area contributed by atoms with Crippen molar-refractivity contribution >= 4 is 11.9 Å². The van der Waals surface area contributed by atoms with Crippen molar-refractivity contribution in [1.82, 2.24) is 0 Å². The summed E-state index contributed by atoms with van der Waals surface area (Å²) < 4.78 is 6.03. The fourth-order valence-corrected chi connectivity index (χ4v) is 5.32. The van der Waals surface area contributed by atoms with E-state index in [4.69, 9.17) is 9.84 Å². The first kappa shape index (κ1) is 36.9. The van der Waals surface area contributed by atoms with Gasteiger partial charge in [-0.15, -0.1) is 0 Å². The molecule has 0 aromatic heterocycles. The number of hydrogen-bond donors (Lipinski definition) is 1. The minimum atomic E-state index is -0.921. The molecule has 0 aliphatic carbocycles. The smallest absolute Gasteiger partial charge is 0.307 e.